The molecule has 156 valence electrons. The number of para-hydroxylation sites is 1. The molecule has 0 fully saturated rings. The summed E-state index contributed by atoms with van der Waals surface area (Å²) in [5, 5.41) is 15.0. The Hall–Kier alpha value is -3.13. The quantitative estimate of drug-likeness (QED) is 0.540. The Balaban J connectivity index is 1.66. The van der Waals surface area contributed by atoms with Gasteiger partial charge in [-0.2, -0.15) is 0 Å². The highest BCUT2D eigenvalue weighted by Gasteiger charge is 2.25. The van der Waals surface area contributed by atoms with Gasteiger partial charge in [0.2, 0.25) is 5.91 Å². The topological polar surface area (TPSA) is 88.9 Å². The first-order chi connectivity index (χ1) is 14.5. The fraction of sp³-hybridized carbons (Fsp3) is 0.273. The average molecular weight is 424 g/mol. The second kappa shape index (κ2) is 10.1. The number of carbonyl (C=O) groups excluding carboxylic acids is 2. The van der Waals surface area contributed by atoms with Crippen LogP contribution in [-0.2, 0) is 11.8 Å². The molecule has 0 aliphatic rings. The van der Waals surface area contributed by atoms with Crippen LogP contribution in [0.15, 0.2) is 65.8 Å². The van der Waals surface area contributed by atoms with Gasteiger partial charge in [0.1, 0.15) is 0 Å². The van der Waals surface area contributed by atoms with Crippen LogP contribution in [-0.4, -0.2) is 32.3 Å². The van der Waals surface area contributed by atoms with Gasteiger partial charge in [0.15, 0.2) is 11.0 Å². The van der Waals surface area contributed by atoms with E-state index in [4.69, 9.17) is 0 Å². The van der Waals surface area contributed by atoms with Crippen molar-refractivity contribution < 1.29 is 9.59 Å². The van der Waals surface area contributed by atoms with Crippen LogP contribution >= 0.6 is 11.8 Å². The Labute approximate surface area is 180 Å². The van der Waals surface area contributed by atoms with E-state index in [2.05, 4.69) is 20.8 Å². The minimum absolute atomic E-state index is 0.111. The van der Waals surface area contributed by atoms with Gasteiger partial charge in [0.25, 0.3) is 5.91 Å². The van der Waals surface area contributed by atoms with Gasteiger partial charge in [0, 0.05) is 18.3 Å². The lowest BCUT2D eigenvalue weighted by Gasteiger charge is -2.21. The molecule has 0 saturated carbocycles. The molecule has 3 rings (SSSR count). The van der Waals surface area contributed by atoms with E-state index in [9.17, 15) is 9.59 Å². The number of carbonyl (C=O) groups is 2. The lowest BCUT2D eigenvalue weighted by Crippen LogP contribution is -2.33. The van der Waals surface area contributed by atoms with Gasteiger partial charge in [-0.15, -0.1) is 10.2 Å². The zero-order valence-electron chi connectivity index (χ0n) is 17.2. The van der Waals surface area contributed by atoms with Crippen molar-refractivity contribution in [2.75, 3.05) is 11.1 Å². The van der Waals surface area contributed by atoms with Gasteiger partial charge in [0.05, 0.1) is 11.8 Å². The van der Waals surface area contributed by atoms with Gasteiger partial charge in [-0.3, -0.25) is 9.59 Å². The normalized spacial score (nSPS) is 11.9. The van der Waals surface area contributed by atoms with Crippen LogP contribution < -0.4 is 10.6 Å². The van der Waals surface area contributed by atoms with E-state index in [-0.39, 0.29) is 29.5 Å². The van der Waals surface area contributed by atoms with Crippen molar-refractivity contribution in [3.63, 3.8) is 0 Å². The van der Waals surface area contributed by atoms with Crippen molar-refractivity contribution in [3.05, 3.63) is 72.1 Å². The van der Waals surface area contributed by atoms with E-state index in [1.54, 1.807) is 12.1 Å². The number of benzene rings is 2. The highest BCUT2D eigenvalue weighted by molar-refractivity contribution is 7.99. The van der Waals surface area contributed by atoms with Crippen LogP contribution in [0.25, 0.3) is 0 Å². The van der Waals surface area contributed by atoms with E-state index >= 15 is 0 Å². The second-order valence-electron chi connectivity index (χ2n) is 7.16. The summed E-state index contributed by atoms with van der Waals surface area (Å²) in [5.41, 5.74) is 1.35. The predicted molar refractivity (Wildman–Crippen MR) is 118 cm³/mol. The fourth-order valence-corrected chi connectivity index (χ4v) is 3.63. The summed E-state index contributed by atoms with van der Waals surface area (Å²) in [5.74, 6) is 0.700. The maximum atomic E-state index is 12.6. The molecule has 2 aromatic carbocycles. The number of amides is 2. The number of anilines is 1. The largest absolute Gasteiger partial charge is 0.342 e. The Morgan fingerprint density at radius 3 is 2.27 bits per heavy atom. The Morgan fingerprint density at radius 2 is 1.63 bits per heavy atom. The maximum Gasteiger partial charge on any atom is 0.251 e. The minimum Gasteiger partial charge on any atom is -0.342 e. The Kier molecular flexibility index (Phi) is 7.24. The first-order valence-electron chi connectivity index (χ1n) is 9.68. The van der Waals surface area contributed by atoms with Crippen molar-refractivity contribution in [3.8, 4) is 0 Å². The molecule has 1 atom stereocenters. The van der Waals surface area contributed by atoms with Gasteiger partial charge in [-0.05, 0) is 30.2 Å². The molecule has 0 radical (unpaired) electrons. The number of hydrogen-bond donors (Lipinski definition) is 2. The van der Waals surface area contributed by atoms with E-state index < -0.39 is 0 Å². The molecule has 2 N–H and O–H groups in total. The molecule has 0 bridgehead atoms. The molecule has 7 nitrogen and oxygen atoms in total. The summed E-state index contributed by atoms with van der Waals surface area (Å²) < 4.78 is 1.83. The minimum atomic E-state index is -0.303. The third kappa shape index (κ3) is 5.48. The third-order valence-corrected chi connectivity index (χ3v) is 5.55. The Morgan fingerprint density at radius 1 is 1.00 bits per heavy atom. The third-order valence-electron chi connectivity index (χ3n) is 4.53. The molecule has 0 aliphatic heterocycles. The van der Waals surface area contributed by atoms with Crippen molar-refractivity contribution in [2.24, 2.45) is 13.0 Å². The molecule has 1 heterocycles. The molecular weight excluding hydrogens is 398 g/mol. The van der Waals surface area contributed by atoms with Gasteiger partial charge < -0.3 is 15.2 Å². The van der Waals surface area contributed by atoms with Gasteiger partial charge in [-0.25, -0.2) is 0 Å². The van der Waals surface area contributed by atoms with Crippen molar-refractivity contribution in [2.45, 2.75) is 25.0 Å². The van der Waals surface area contributed by atoms with E-state index in [1.165, 1.54) is 11.8 Å². The number of hydrogen-bond acceptors (Lipinski definition) is 5. The van der Waals surface area contributed by atoms with Crippen LogP contribution in [0.2, 0.25) is 0 Å². The molecule has 8 heteroatoms. The number of nitrogens with zero attached hydrogens (tertiary/aromatic N) is 3. The molecule has 0 spiro atoms. The summed E-state index contributed by atoms with van der Waals surface area (Å²) in [7, 11) is 1.84. The molecule has 1 aromatic heterocycles. The first-order valence-corrected chi connectivity index (χ1v) is 10.7. The zero-order valence-corrected chi connectivity index (χ0v) is 18.0. The highest BCUT2D eigenvalue weighted by atomic mass is 32.2. The molecule has 0 aliphatic carbocycles. The number of thioether (sulfide) groups is 1. The lowest BCUT2D eigenvalue weighted by atomic mass is 10.0. The van der Waals surface area contributed by atoms with Crippen LogP contribution in [0.5, 0.6) is 0 Å². The summed E-state index contributed by atoms with van der Waals surface area (Å²) in [6.45, 7) is 4.04. The smallest absolute Gasteiger partial charge is 0.251 e. The SMILES string of the molecule is CC(C)[C@@H](NC(=O)c1ccccc1)c1nnc(SCC(=O)Nc2ccccc2)n1C. The fourth-order valence-electron chi connectivity index (χ4n) is 2.91. The number of nitrogens with one attached hydrogen (secondary N) is 2. The Bertz CT molecular complexity index is 989. The molecule has 0 saturated heterocycles. The van der Waals surface area contributed by atoms with Crippen molar-refractivity contribution in [1.29, 1.82) is 0 Å². The van der Waals surface area contributed by atoms with Crippen LogP contribution in [0, 0.1) is 5.92 Å². The molecule has 3 aromatic rings. The second-order valence-corrected chi connectivity index (χ2v) is 8.11. The maximum absolute atomic E-state index is 12.6. The van der Waals surface area contributed by atoms with E-state index in [0.717, 1.165) is 5.69 Å². The van der Waals surface area contributed by atoms with Crippen molar-refractivity contribution in [1.82, 2.24) is 20.1 Å². The average Bonchev–Trinajstić information content (AvgIpc) is 3.11. The molecule has 0 unspecified atom stereocenters. The van der Waals surface area contributed by atoms with E-state index in [0.29, 0.717) is 16.5 Å². The van der Waals surface area contributed by atoms with Gasteiger partial charge >= 0.3 is 0 Å². The number of aromatic nitrogens is 3. The van der Waals surface area contributed by atoms with Crippen molar-refractivity contribution >= 4 is 29.3 Å². The number of rotatable bonds is 8. The zero-order chi connectivity index (χ0) is 21.5. The monoisotopic (exact) mass is 423 g/mol. The van der Waals surface area contributed by atoms with E-state index in [1.807, 2.05) is 74.0 Å². The summed E-state index contributed by atoms with van der Waals surface area (Å²) >= 11 is 1.30. The molecule has 2 amide bonds. The molecule has 30 heavy (non-hydrogen) atoms. The predicted octanol–water partition coefficient (Wildman–Crippen LogP) is 3.67. The van der Waals surface area contributed by atoms with Crippen LogP contribution in [0.3, 0.4) is 0 Å². The summed E-state index contributed by atoms with van der Waals surface area (Å²) in [4.78, 5) is 24.8. The highest BCUT2D eigenvalue weighted by Crippen LogP contribution is 2.24. The first kappa shape index (κ1) is 21.6. The lowest BCUT2D eigenvalue weighted by molar-refractivity contribution is -0.113. The standard InChI is InChI=1S/C22H25N5O2S/c1-15(2)19(24-21(29)16-10-6-4-7-11-16)20-25-26-22(27(20)3)30-14-18(28)23-17-12-8-5-9-13-17/h4-13,15,19H,14H2,1-3H3,(H,23,28)(H,24,29)/t19-/m1/s1. The van der Waals surface area contributed by atoms with Crippen LogP contribution in [0.1, 0.15) is 36.1 Å². The van der Waals surface area contributed by atoms with Crippen LogP contribution in [0.4, 0.5) is 5.69 Å². The summed E-state index contributed by atoms with van der Waals surface area (Å²) in [6.07, 6.45) is 0. The van der Waals surface area contributed by atoms with Gasteiger partial charge in [-0.1, -0.05) is 62.0 Å². The molecular formula is C22H25N5O2S. The summed E-state index contributed by atoms with van der Waals surface area (Å²) in [6, 6.07) is 18.1.